The summed E-state index contributed by atoms with van der Waals surface area (Å²) in [5.41, 5.74) is 6.75. The molecule has 16 heavy (non-hydrogen) atoms. The van der Waals surface area contributed by atoms with Crippen molar-refractivity contribution in [3.8, 4) is 0 Å². The van der Waals surface area contributed by atoms with E-state index in [0.717, 1.165) is 18.7 Å². The van der Waals surface area contributed by atoms with Crippen molar-refractivity contribution in [2.45, 2.75) is 20.3 Å². The van der Waals surface area contributed by atoms with Gasteiger partial charge in [-0.15, -0.1) is 0 Å². The number of benzene rings is 1. The van der Waals surface area contributed by atoms with Crippen LogP contribution in [0.2, 0.25) is 0 Å². The van der Waals surface area contributed by atoms with Crippen LogP contribution in [0.5, 0.6) is 0 Å². The number of carbonyl (C=O) groups is 1. The molecular formula is C12H19N3O. The Morgan fingerprint density at radius 1 is 1.44 bits per heavy atom. The smallest absolute Gasteiger partial charge is 0.316 e. The van der Waals surface area contributed by atoms with Crippen molar-refractivity contribution in [1.82, 2.24) is 0 Å². The van der Waals surface area contributed by atoms with Crippen LogP contribution < -0.4 is 16.4 Å². The monoisotopic (exact) mass is 221 g/mol. The minimum atomic E-state index is -0.543. The summed E-state index contributed by atoms with van der Waals surface area (Å²) in [6.07, 6.45) is 1.15. The van der Waals surface area contributed by atoms with E-state index < -0.39 is 6.03 Å². The lowest BCUT2D eigenvalue weighted by Crippen LogP contribution is -2.19. The predicted octanol–water partition coefficient (Wildman–Crippen LogP) is 2.64. The van der Waals surface area contributed by atoms with Gasteiger partial charge < -0.3 is 16.4 Å². The van der Waals surface area contributed by atoms with E-state index >= 15 is 0 Å². The van der Waals surface area contributed by atoms with Gasteiger partial charge in [-0.25, -0.2) is 4.79 Å². The van der Waals surface area contributed by atoms with Gasteiger partial charge in [0.1, 0.15) is 0 Å². The van der Waals surface area contributed by atoms with Crippen LogP contribution in [0.3, 0.4) is 0 Å². The first-order valence-electron chi connectivity index (χ1n) is 5.52. The summed E-state index contributed by atoms with van der Waals surface area (Å²) in [6, 6.07) is 6.98. The molecule has 1 atom stereocenters. The van der Waals surface area contributed by atoms with Gasteiger partial charge in [-0.05, 0) is 24.1 Å². The largest absolute Gasteiger partial charge is 0.385 e. The van der Waals surface area contributed by atoms with Crippen molar-refractivity contribution in [3.63, 3.8) is 0 Å². The van der Waals surface area contributed by atoms with Gasteiger partial charge in [0.25, 0.3) is 0 Å². The number of rotatable bonds is 5. The Labute approximate surface area is 96.2 Å². The molecule has 1 aromatic rings. The molecule has 4 heteroatoms. The molecule has 0 saturated heterocycles. The highest BCUT2D eigenvalue weighted by Gasteiger charge is 2.00. The SMILES string of the molecule is CCC(C)CNc1cccc(NC(N)=O)c1. The Kier molecular flexibility index (Phi) is 4.64. The Morgan fingerprint density at radius 3 is 2.75 bits per heavy atom. The number of hydrogen-bond acceptors (Lipinski definition) is 2. The highest BCUT2D eigenvalue weighted by Crippen LogP contribution is 2.15. The van der Waals surface area contributed by atoms with E-state index in [1.165, 1.54) is 0 Å². The van der Waals surface area contributed by atoms with Crippen LogP contribution in [0.25, 0.3) is 0 Å². The Morgan fingerprint density at radius 2 is 2.12 bits per heavy atom. The average Bonchev–Trinajstić information content (AvgIpc) is 2.25. The first kappa shape index (κ1) is 12.4. The highest BCUT2D eigenvalue weighted by molar-refractivity contribution is 5.88. The summed E-state index contributed by atoms with van der Waals surface area (Å²) in [4.78, 5) is 10.7. The van der Waals surface area contributed by atoms with Gasteiger partial charge in [0.2, 0.25) is 0 Å². The second kappa shape index (κ2) is 6.00. The Hall–Kier alpha value is -1.71. The van der Waals surface area contributed by atoms with Crippen molar-refractivity contribution in [2.24, 2.45) is 11.7 Å². The van der Waals surface area contributed by atoms with Crippen LogP contribution in [0.4, 0.5) is 16.2 Å². The van der Waals surface area contributed by atoms with Crippen LogP contribution in [-0.2, 0) is 0 Å². The molecule has 0 aliphatic heterocycles. The number of hydrogen-bond donors (Lipinski definition) is 3. The summed E-state index contributed by atoms with van der Waals surface area (Å²) in [5.74, 6) is 0.632. The van der Waals surface area contributed by atoms with E-state index in [1.54, 1.807) is 6.07 Å². The van der Waals surface area contributed by atoms with Crippen LogP contribution in [0.15, 0.2) is 24.3 Å². The van der Waals surface area contributed by atoms with E-state index in [0.29, 0.717) is 11.6 Å². The molecule has 0 fully saturated rings. The molecule has 88 valence electrons. The third kappa shape index (κ3) is 4.21. The van der Waals surface area contributed by atoms with Gasteiger partial charge in [-0.2, -0.15) is 0 Å². The quantitative estimate of drug-likeness (QED) is 0.715. The van der Waals surface area contributed by atoms with Crippen molar-refractivity contribution in [2.75, 3.05) is 17.2 Å². The molecule has 0 bridgehead atoms. The topological polar surface area (TPSA) is 67.2 Å². The Bertz CT molecular complexity index is 352. The van der Waals surface area contributed by atoms with Crippen molar-refractivity contribution < 1.29 is 4.79 Å². The molecule has 0 radical (unpaired) electrons. The molecule has 0 aromatic heterocycles. The number of nitrogens with one attached hydrogen (secondary N) is 2. The minimum Gasteiger partial charge on any atom is -0.385 e. The first-order valence-corrected chi connectivity index (χ1v) is 5.52. The van der Waals surface area contributed by atoms with Crippen molar-refractivity contribution in [1.29, 1.82) is 0 Å². The zero-order valence-electron chi connectivity index (χ0n) is 9.79. The molecule has 2 amide bonds. The van der Waals surface area contributed by atoms with Crippen molar-refractivity contribution >= 4 is 17.4 Å². The lowest BCUT2D eigenvalue weighted by Gasteiger charge is -2.12. The van der Waals surface area contributed by atoms with E-state index in [2.05, 4.69) is 24.5 Å². The molecule has 0 heterocycles. The normalized spacial score (nSPS) is 11.9. The summed E-state index contributed by atoms with van der Waals surface area (Å²) in [6.45, 7) is 5.28. The molecule has 1 aromatic carbocycles. The maximum absolute atomic E-state index is 10.7. The lowest BCUT2D eigenvalue weighted by molar-refractivity contribution is 0.259. The van der Waals surface area contributed by atoms with Gasteiger partial charge >= 0.3 is 6.03 Å². The van der Waals surface area contributed by atoms with E-state index in [4.69, 9.17) is 5.73 Å². The fourth-order valence-corrected chi connectivity index (χ4v) is 1.29. The number of amides is 2. The van der Waals surface area contributed by atoms with Crippen LogP contribution >= 0.6 is 0 Å². The number of anilines is 2. The number of urea groups is 1. The predicted molar refractivity (Wildman–Crippen MR) is 67.6 cm³/mol. The fourth-order valence-electron chi connectivity index (χ4n) is 1.29. The summed E-state index contributed by atoms with van der Waals surface area (Å²) < 4.78 is 0. The zero-order valence-corrected chi connectivity index (χ0v) is 9.79. The third-order valence-electron chi connectivity index (χ3n) is 2.48. The molecule has 1 rings (SSSR count). The third-order valence-corrected chi connectivity index (χ3v) is 2.48. The summed E-state index contributed by atoms with van der Waals surface area (Å²) >= 11 is 0. The fraction of sp³-hybridized carbons (Fsp3) is 0.417. The molecule has 0 saturated carbocycles. The van der Waals surface area contributed by atoms with Crippen LogP contribution in [0, 0.1) is 5.92 Å². The Balaban J connectivity index is 2.56. The second-order valence-electron chi connectivity index (χ2n) is 3.96. The van der Waals surface area contributed by atoms with Crippen LogP contribution in [-0.4, -0.2) is 12.6 Å². The number of primary amides is 1. The lowest BCUT2D eigenvalue weighted by atomic mass is 10.1. The molecule has 4 N–H and O–H groups in total. The molecular weight excluding hydrogens is 202 g/mol. The van der Waals surface area contributed by atoms with Crippen LogP contribution in [0.1, 0.15) is 20.3 Å². The van der Waals surface area contributed by atoms with Gasteiger partial charge in [0.15, 0.2) is 0 Å². The molecule has 0 aliphatic rings. The number of nitrogens with two attached hydrogens (primary N) is 1. The first-order chi connectivity index (χ1) is 7.61. The van der Waals surface area contributed by atoms with E-state index in [-0.39, 0.29) is 0 Å². The second-order valence-corrected chi connectivity index (χ2v) is 3.96. The summed E-state index contributed by atoms with van der Waals surface area (Å²) in [7, 11) is 0. The zero-order chi connectivity index (χ0) is 12.0. The molecule has 1 unspecified atom stereocenters. The van der Waals surface area contributed by atoms with Gasteiger partial charge in [-0.3, -0.25) is 0 Å². The minimum absolute atomic E-state index is 0.543. The van der Waals surface area contributed by atoms with E-state index in [9.17, 15) is 4.79 Å². The molecule has 0 spiro atoms. The van der Waals surface area contributed by atoms with E-state index in [1.807, 2.05) is 18.2 Å². The van der Waals surface area contributed by atoms with Gasteiger partial charge in [0.05, 0.1) is 0 Å². The number of carbonyl (C=O) groups excluding carboxylic acids is 1. The standard InChI is InChI=1S/C12H19N3O/c1-3-9(2)8-14-10-5-4-6-11(7-10)15-12(13)16/h4-7,9,14H,3,8H2,1-2H3,(H3,13,15,16). The highest BCUT2D eigenvalue weighted by atomic mass is 16.2. The molecule has 0 aliphatic carbocycles. The molecule has 4 nitrogen and oxygen atoms in total. The maximum Gasteiger partial charge on any atom is 0.316 e. The average molecular weight is 221 g/mol. The van der Waals surface area contributed by atoms with Crippen molar-refractivity contribution in [3.05, 3.63) is 24.3 Å². The van der Waals surface area contributed by atoms with Gasteiger partial charge in [0, 0.05) is 17.9 Å². The summed E-state index contributed by atoms with van der Waals surface area (Å²) in [5, 5.41) is 5.86. The maximum atomic E-state index is 10.7. The van der Waals surface area contributed by atoms with Gasteiger partial charge in [-0.1, -0.05) is 26.3 Å².